The average Bonchev–Trinajstić information content (AvgIpc) is 2.92. The zero-order valence-electron chi connectivity index (χ0n) is 14.0. The number of hydrogen-bond donors (Lipinski definition) is 1. The molecule has 0 radical (unpaired) electrons. The third-order valence-electron chi connectivity index (χ3n) is 5.59. The molecule has 1 aromatic carbocycles. The van der Waals surface area contributed by atoms with E-state index in [0.717, 1.165) is 32.6 Å². The summed E-state index contributed by atoms with van der Waals surface area (Å²) in [6, 6.07) is 9.67. The standard InChI is InChI=1S/C19H25N3O/c1-13(23)7-8-21-9-10-22-14(2)19-17(11-15(22)12-21)16-5-3-4-6-18(16)20-19/h3-6,14-15,20H,7-12H2,1-2H3. The van der Waals surface area contributed by atoms with Crippen molar-refractivity contribution in [3.63, 3.8) is 0 Å². The number of hydrogen-bond acceptors (Lipinski definition) is 3. The van der Waals surface area contributed by atoms with Crippen LogP contribution in [0.5, 0.6) is 0 Å². The number of benzene rings is 1. The Labute approximate surface area is 137 Å². The Morgan fingerprint density at radius 1 is 1.30 bits per heavy atom. The molecule has 0 amide bonds. The van der Waals surface area contributed by atoms with Crippen molar-refractivity contribution in [1.82, 2.24) is 14.8 Å². The van der Waals surface area contributed by atoms with Gasteiger partial charge in [-0.3, -0.25) is 9.69 Å². The lowest BCUT2D eigenvalue weighted by atomic mass is 9.90. The van der Waals surface area contributed by atoms with Crippen LogP contribution in [0.1, 0.15) is 37.6 Å². The molecular formula is C19H25N3O. The lowest BCUT2D eigenvalue weighted by Crippen LogP contribution is -2.56. The van der Waals surface area contributed by atoms with E-state index < -0.39 is 0 Å². The van der Waals surface area contributed by atoms with Crippen LogP contribution in [0.15, 0.2) is 24.3 Å². The van der Waals surface area contributed by atoms with Crippen molar-refractivity contribution in [2.24, 2.45) is 0 Å². The monoisotopic (exact) mass is 311 g/mol. The fourth-order valence-electron chi connectivity index (χ4n) is 4.34. The van der Waals surface area contributed by atoms with E-state index in [-0.39, 0.29) is 0 Å². The number of aromatic amines is 1. The van der Waals surface area contributed by atoms with Crippen LogP contribution in [-0.4, -0.2) is 52.8 Å². The van der Waals surface area contributed by atoms with Crippen LogP contribution >= 0.6 is 0 Å². The molecular weight excluding hydrogens is 286 g/mol. The van der Waals surface area contributed by atoms with Crippen molar-refractivity contribution in [1.29, 1.82) is 0 Å². The molecule has 2 aromatic rings. The number of carbonyl (C=O) groups is 1. The van der Waals surface area contributed by atoms with Gasteiger partial charge in [0.2, 0.25) is 0 Å². The van der Waals surface area contributed by atoms with Gasteiger partial charge in [-0.25, -0.2) is 0 Å². The number of nitrogens with zero attached hydrogens (tertiary/aromatic N) is 2. The molecule has 3 heterocycles. The van der Waals surface area contributed by atoms with Crippen molar-refractivity contribution in [3.8, 4) is 0 Å². The molecule has 122 valence electrons. The van der Waals surface area contributed by atoms with Crippen LogP contribution in [-0.2, 0) is 11.2 Å². The maximum absolute atomic E-state index is 11.3. The predicted molar refractivity (Wildman–Crippen MR) is 92.6 cm³/mol. The summed E-state index contributed by atoms with van der Waals surface area (Å²) >= 11 is 0. The van der Waals surface area contributed by atoms with Gasteiger partial charge in [-0.1, -0.05) is 18.2 Å². The summed E-state index contributed by atoms with van der Waals surface area (Å²) in [6.07, 6.45) is 1.79. The fourth-order valence-corrected chi connectivity index (χ4v) is 4.34. The molecule has 4 rings (SSSR count). The second-order valence-electron chi connectivity index (χ2n) is 7.09. The molecule has 4 heteroatoms. The van der Waals surface area contributed by atoms with Crippen LogP contribution in [0.25, 0.3) is 10.9 Å². The number of aromatic nitrogens is 1. The smallest absolute Gasteiger partial charge is 0.131 e. The zero-order chi connectivity index (χ0) is 16.0. The van der Waals surface area contributed by atoms with Gasteiger partial charge in [0.25, 0.3) is 0 Å². The summed E-state index contributed by atoms with van der Waals surface area (Å²) in [5.74, 6) is 0.295. The van der Waals surface area contributed by atoms with Crippen LogP contribution in [0.3, 0.4) is 0 Å². The molecule has 1 aromatic heterocycles. The highest BCUT2D eigenvalue weighted by Crippen LogP contribution is 2.37. The number of carbonyl (C=O) groups excluding carboxylic acids is 1. The normalized spacial score (nSPS) is 25.3. The molecule has 0 spiro atoms. The van der Waals surface area contributed by atoms with Crippen molar-refractivity contribution >= 4 is 16.7 Å². The van der Waals surface area contributed by atoms with Gasteiger partial charge in [0.05, 0.1) is 0 Å². The van der Waals surface area contributed by atoms with Gasteiger partial charge >= 0.3 is 0 Å². The van der Waals surface area contributed by atoms with Crippen molar-refractivity contribution in [2.45, 2.75) is 38.8 Å². The molecule has 2 unspecified atom stereocenters. The minimum absolute atomic E-state index is 0.295. The summed E-state index contributed by atoms with van der Waals surface area (Å²) in [5, 5.41) is 1.38. The molecule has 0 saturated carbocycles. The third kappa shape index (κ3) is 2.60. The van der Waals surface area contributed by atoms with Gasteiger partial charge in [0, 0.05) is 61.3 Å². The summed E-state index contributed by atoms with van der Waals surface area (Å²) in [4.78, 5) is 20.0. The van der Waals surface area contributed by atoms with E-state index in [2.05, 4.69) is 46.0 Å². The molecule has 1 saturated heterocycles. The zero-order valence-corrected chi connectivity index (χ0v) is 14.0. The summed E-state index contributed by atoms with van der Waals surface area (Å²) in [5.41, 5.74) is 4.17. The second kappa shape index (κ2) is 5.77. The number of fused-ring (bicyclic) bond motifs is 4. The quantitative estimate of drug-likeness (QED) is 0.947. The van der Waals surface area contributed by atoms with Gasteiger partial charge in [-0.15, -0.1) is 0 Å². The minimum atomic E-state index is 0.295. The lowest BCUT2D eigenvalue weighted by Gasteiger charge is -2.47. The van der Waals surface area contributed by atoms with E-state index in [1.54, 1.807) is 6.92 Å². The molecule has 2 aliphatic rings. The molecule has 1 N–H and O–H groups in total. The fraction of sp³-hybridized carbons (Fsp3) is 0.526. The summed E-state index contributed by atoms with van der Waals surface area (Å²) < 4.78 is 0. The van der Waals surface area contributed by atoms with Gasteiger partial charge < -0.3 is 9.88 Å². The largest absolute Gasteiger partial charge is 0.357 e. The Morgan fingerprint density at radius 2 is 2.13 bits per heavy atom. The molecule has 0 bridgehead atoms. The first-order valence-electron chi connectivity index (χ1n) is 8.70. The number of ketones is 1. The maximum atomic E-state index is 11.3. The van der Waals surface area contributed by atoms with Gasteiger partial charge in [-0.05, 0) is 31.9 Å². The van der Waals surface area contributed by atoms with Gasteiger partial charge in [0.15, 0.2) is 0 Å². The highest BCUT2D eigenvalue weighted by molar-refractivity contribution is 5.85. The number of H-pyrrole nitrogens is 1. The van der Waals surface area contributed by atoms with Crippen molar-refractivity contribution < 1.29 is 4.79 Å². The highest BCUT2D eigenvalue weighted by Gasteiger charge is 2.37. The Bertz CT molecular complexity index is 735. The highest BCUT2D eigenvalue weighted by atomic mass is 16.1. The van der Waals surface area contributed by atoms with E-state index in [0.29, 0.717) is 24.3 Å². The van der Waals surface area contributed by atoms with E-state index in [1.807, 2.05) is 0 Å². The van der Waals surface area contributed by atoms with Crippen LogP contribution in [0.2, 0.25) is 0 Å². The predicted octanol–water partition coefficient (Wildman–Crippen LogP) is 2.75. The summed E-state index contributed by atoms with van der Waals surface area (Å²) in [6.45, 7) is 8.18. The Hall–Kier alpha value is -1.65. The number of Topliss-reactive ketones (excluding diaryl/α,β-unsaturated/α-hetero) is 1. The summed E-state index contributed by atoms with van der Waals surface area (Å²) in [7, 11) is 0. The van der Waals surface area contributed by atoms with Gasteiger partial charge in [-0.2, -0.15) is 0 Å². The molecule has 2 atom stereocenters. The third-order valence-corrected chi connectivity index (χ3v) is 5.59. The molecule has 2 aliphatic heterocycles. The number of nitrogens with one attached hydrogen (secondary N) is 1. The van der Waals surface area contributed by atoms with Crippen LogP contribution in [0.4, 0.5) is 0 Å². The Morgan fingerprint density at radius 3 is 2.96 bits per heavy atom. The Balaban J connectivity index is 1.59. The average molecular weight is 311 g/mol. The lowest BCUT2D eigenvalue weighted by molar-refractivity contribution is -0.117. The number of rotatable bonds is 3. The minimum Gasteiger partial charge on any atom is -0.357 e. The molecule has 1 fully saturated rings. The van der Waals surface area contributed by atoms with Gasteiger partial charge in [0.1, 0.15) is 5.78 Å². The van der Waals surface area contributed by atoms with E-state index in [9.17, 15) is 4.79 Å². The first kappa shape index (κ1) is 14.9. The molecule has 23 heavy (non-hydrogen) atoms. The van der Waals surface area contributed by atoms with Crippen molar-refractivity contribution in [3.05, 3.63) is 35.5 Å². The first-order chi connectivity index (χ1) is 11.1. The SMILES string of the molecule is CC(=O)CCN1CCN2C(Cc3c([nH]c4ccccc34)C2C)C1. The van der Waals surface area contributed by atoms with Crippen LogP contribution < -0.4 is 0 Å². The van der Waals surface area contributed by atoms with E-state index in [4.69, 9.17) is 0 Å². The van der Waals surface area contributed by atoms with E-state index >= 15 is 0 Å². The number of piperazine rings is 1. The van der Waals surface area contributed by atoms with Crippen LogP contribution in [0, 0.1) is 0 Å². The number of para-hydroxylation sites is 1. The first-order valence-corrected chi connectivity index (χ1v) is 8.70. The second-order valence-corrected chi connectivity index (χ2v) is 7.09. The molecule has 0 aliphatic carbocycles. The van der Waals surface area contributed by atoms with E-state index in [1.165, 1.54) is 22.2 Å². The Kier molecular flexibility index (Phi) is 3.74. The maximum Gasteiger partial charge on any atom is 0.131 e. The topological polar surface area (TPSA) is 39.3 Å². The van der Waals surface area contributed by atoms with Crippen molar-refractivity contribution in [2.75, 3.05) is 26.2 Å². The molecule has 4 nitrogen and oxygen atoms in total.